The molecule has 0 spiro atoms. The number of ether oxygens (including phenoxy) is 3. The van der Waals surface area contributed by atoms with Crippen molar-refractivity contribution in [3.05, 3.63) is 0 Å². The molecule has 0 aliphatic rings. The fourth-order valence-corrected chi connectivity index (χ4v) is 0.900. The van der Waals surface area contributed by atoms with Crippen LogP contribution in [0.15, 0.2) is 0 Å². The maximum absolute atomic E-state index is 10.9. The van der Waals surface area contributed by atoms with Gasteiger partial charge in [-0.15, -0.1) is 0 Å². The third-order valence-corrected chi connectivity index (χ3v) is 1.79. The van der Waals surface area contributed by atoms with Gasteiger partial charge in [-0.25, -0.2) is 0 Å². The summed E-state index contributed by atoms with van der Waals surface area (Å²) >= 11 is 0. The van der Waals surface area contributed by atoms with Gasteiger partial charge in [-0.1, -0.05) is 0 Å². The fourth-order valence-electron chi connectivity index (χ4n) is 0.900. The zero-order valence-electron chi connectivity index (χ0n) is 15.1. The van der Waals surface area contributed by atoms with E-state index < -0.39 is 5.97 Å². The Bertz CT molecular complexity index is 338. The van der Waals surface area contributed by atoms with Crippen molar-refractivity contribution in [3.63, 3.8) is 0 Å². The van der Waals surface area contributed by atoms with E-state index in [4.69, 9.17) is 0 Å². The summed E-state index contributed by atoms with van der Waals surface area (Å²) in [6.45, 7) is 9.33. The molecule has 0 N–H and O–H groups in total. The molecule has 0 aromatic rings. The van der Waals surface area contributed by atoms with Crippen molar-refractivity contribution in [2.75, 3.05) is 33.9 Å². The maximum Gasteiger partial charge on any atom is 0.315 e. The standard InChI is InChI=1S/C7H13NO3.2C4H8O2/c1-4-11-7(10)5-6(9)8(2)3;2*1-3-6-4(2)5/h4-5H2,1-3H3;2*3H2,1-2H3. The minimum Gasteiger partial charge on any atom is -0.466 e. The summed E-state index contributed by atoms with van der Waals surface area (Å²) in [6.07, 6.45) is -0.166. The molecule has 0 rings (SSSR count). The SMILES string of the molecule is CCOC(=O)CC(=O)N(C)C.CCOC(C)=O.CCOC(C)=O. The van der Waals surface area contributed by atoms with Crippen LogP contribution >= 0.6 is 0 Å². The van der Waals surface area contributed by atoms with Gasteiger partial charge >= 0.3 is 17.9 Å². The topological polar surface area (TPSA) is 99.2 Å². The van der Waals surface area contributed by atoms with Gasteiger partial charge in [0.1, 0.15) is 6.42 Å². The number of amides is 1. The van der Waals surface area contributed by atoms with E-state index >= 15 is 0 Å². The number of hydrogen-bond acceptors (Lipinski definition) is 7. The summed E-state index contributed by atoms with van der Waals surface area (Å²) in [6, 6.07) is 0. The summed E-state index contributed by atoms with van der Waals surface area (Å²) in [5.41, 5.74) is 0. The Labute approximate surface area is 138 Å². The minimum atomic E-state index is -0.466. The molecular weight excluding hydrogens is 306 g/mol. The number of nitrogens with zero attached hydrogens (tertiary/aromatic N) is 1. The minimum absolute atomic E-state index is 0.166. The number of rotatable bonds is 5. The molecule has 0 fully saturated rings. The monoisotopic (exact) mass is 335 g/mol. The average molecular weight is 335 g/mol. The van der Waals surface area contributed by atoms with Crippen LogP contribution in [0.3, 0.4) is 0 Å². The molecule has 0 aromatic carbocycles. The Kier molecular flexibility index (Phi) is 20.1. The first-order valence-corrected chi connectivity index (χ1v) is 7.24. The highest BCUT2D eigenvalue weighted by atomic mass is 16.5. The van der Waals surface area contributed by atoms with E-state index in [1.54, 1.807) is 34.9 Å². The zero-order valence-corrected chi connectivity index (χ0v) is 15.1. The normalized spacial score (nSPS) is 8.30. The predicted octanol–water partition coefficient (Wildman–Crippen LogP) is 1.17. The number of esters is 3. The second-order valence-electron chi connectivity index (χ2n) is 4.12. The Morgan fingerprint density at radius 3 is 1.26 bits per heavy atom. The van der Waals surface area contributed by atoms with Crippen molar-refractivity contribution in [2.24, 2.45) is 0 Å². The lowest BCUT2D eigenvalue weighted by Gasteiger charge is -2.08. The molecule has 0 heterocycles. The number of hydrogen-bond donors (Lipinski definition) is 0. The van der Waals surface area contributed by atoms with Crippen molar-refractivity contribution in [3.8, 4) is 0 Å². The first kappa shape index (κ1) is 25.8. The highest BCUT2D eigenvalue weighted by molar-refractivity contribution is 5.93. The van der Waals surface area contributed by atoms with Gasteiger partial charge in [0.25, 0.3) is 0 Å². The van der Waals surface area contributed by atoms with Gasteiger partial charge < -0.3 is 19.1 Å². The lowest BCUT2D eigenvalue weighted by atomic mass is 10.4. The van der Waals surface area contributed by atoms with Crippen LogP contribution in [0.2, 0.25) is 0 Å². The summed E-state index contributed by atoms with van der Waals surface area (Å²) < 4.78 is 13.4. The second-order valence-corrected chi connectivity index (χ2v) is 4.12. The maximum atomic E-state index is 10.9. The fraction of sp³-hybridized carbons (Fsp3) is 0.733. The van der Waals surface area contributed by atoms with Crippen molar-refractivity contribution in [1.29, 1.82) is 0 Å². The average Bonchev–Trinajstić information content (AvgIpc) is 2.39. The van der Waals surface area contributed by atoms with Gasteiger partial charge in [0.15, 0.2) is 0 Å². The number of carbonyl (C=O) groups is 4. The lowest BCUT2D eigenvalue weighted by molar-refractivity contribution is -0.148. The van der Waals surface area contributed by atoms with Gasteiger partial charge in [-0.2, -0.15) is 0 Å². The van der Waals surface area contributed by atoms with Crippen molar-refractivity contribution < 1.29 is 33.4 Å². The first-order chi connectivity index (χ1) is 10.6. The second kappa shape index (κ2) is 17.9. The van der Waals surface area contributed by atoms with Gasteiger partial charge in [0.05, 0.1) is 19.8 Å². The van der Waals surface area contributed by atoms with Crippen molar-refractivity contribution in [1.82, 2.24) is 4.90 Å². The largest absolute Gasteiger partial charge is 0.466 e. The Balaban J connectivity index is -0.000000284. The van der Waals surface area contributed by atoms with Crippen LogP contribution in [0.1, 0.15) is 41.0 Å². The van der Waals surface area contributed by atoms with Crippen LogP contribution in [-0.4, -0.2) is 62.6 Å². The lowest BCUT2D eigenvalue weighted by Crippen LogP contribution is -2.25. The van der Waals surface area contributed by atoms with E-state index in [0.717, 1.165) is 0 Å². The van der Waals surface area contributed by atoms with E-state index in [2.05, 4.69) is 14.2 Å². The van der Waals surface area contributed by atoms with Crippen molar-refractivity contribution in [2.45, 2.75) is 41.0 Å². The smallest absolute Gasteiger partial charge is 0.315 e. The third kappa shape index (κ3) is 28.7. The molecule has 0 aliphatic heterocycles. The van der Waals surface area contributed by atoms with Crippen LogP contribution in [0.25, 0.3) is 0 Å². The zero-order chi connectivity index (χ0) is 18.8. The Hall–Kier alpha value is -2.12. The molecule has 136 valence electrons. The van der Waals surface area contributed by atoms with E-state index in [0.29, 0.717) is 19.8 Å². The Morgan fingerprint density at radius 1 is 0.739 bits per heavy atom. The molecule has 0 aliphatic carbocycles. The van der Waals surface area contributed by atoms with Crippen molar-refractivity contribution >= 4 is 23.8 Å². The van der Waals surface area contributed by atoms with Gasteiger partial charge in [0, 0.05) is 27.9 Å². The predicted molar refractivity (Wildman–Crippen MR) is 84.6 cm³/mol. The third-order valence-electron chi connectivity index (χ3n) is 1.79. The van der Waals surface area contributed by atoms with E-state index in [9.17, 15) is 19.2 Å². The molecule has 23 heavy (non-hydrogen) atoms. The molecule has 0 unspecified atom stereocenters. The molecule has 1 amide bonds. The van der Waals surface area contributed by atoms with E-state index in [1.807, 2.05) is 0 Å². The van der Waals surface area contributed by atoms with Crippen LogP contribution in [0.4, 0.5) is 0 Å². The van der Waals surface area contributed by atoms with Crippen LogP contribution in [0.5, 0.6) is 0 Å². The van der Waals surface area contributed by atoms with E-state index in [1.165, 1.54) is 18.7 Å². The molecule has 0 bridgehead atoms. The van der Waals surface area contributed by atoms with Crippen LogP contribution in [0, 0.1) is 0 Å². The number of carbonyl (C=O) groups excluding carboxylic acids is 4. The molecule has 0 radical (unpaired) electrons. The molecule has 0 saturated carbocycles. The molecule has 0 aromatic heterocycles. The molecule has 0 atom stereocenters. The van der Waals surface area contributed by atoms with Gasteiger partial charge in [0.2, 0.25) is 5.91 Å². The van der Waals surface area contributed by atoms with Gasteiger partial charge in [-0.3, -0.25) is 19.2 Å². The quantitative estimate of drug-likeness (QED) is 0.422. The summed E-state index contributed by atoms with van der Waals surface area (Å²) in [7, 11) is 3.20. The van der Waals surface area contributed by atoms with Crippen LogP contribution in [-0.2, 0) is 33.4 Å². The summed E-state index contributed by atoms with van der Waals surface area (Å²) in [4.78, 5) is 42.5. The molecule has 8 nitrogen and oxygen atoms in total. The Morgan fingerprint density at radius 2 is 1.09 bits per heavy atom. The highest BCUT2D eigenvalue weighted by Crippen LogP contribution is 1.90. The first-order valence-electron chi connectivity index (χ1n) is 7.24. The summed E-state index contributed by atoms with van der Waals surface area (Å²) in [5, 5.41) is 0. The molecule has 8 heteroatoms. The molecular formula is C15H29NO7. The van der Waals surface area contributed by atoms with E-state index in [-0.39, 0.29) is 24.3 Å². The molecule has 0 saturated heterocycles. The highest BCUT2D eigenvalue weighted by Gasteiger charge is 2.10. The van der Waals surface area contributed by atoms with Crippen LogP contribution < -0.4 is 0 Å². The van der Waals surface area contributed by atoms with Gasteiger partial charge in [-0.05, 0) is 20.8 Å². The summed E-state index contributed by atoms with van der Waals surface area (Å²) in [5.74, 6) is -1.12.